The molecule has 2 N–H and O–H groups in total. The zero-order valence-electron chi connectivity index (χ0n) is 18.5. The van der Waals surface area contributed by atoms with E-state index in [-0.39, 0.29) is 17.4 Å². The standard InChI is InChI=1S/C25H34O4/c1-7-25(8-2,19-11-14-21(23(27)28)17(3)15-19)18-9-12-20(13-10-18)29-16-22(26)24(4,5)6/h9-15,22,26H,7-8,16H2,1-6H3,(H,27,28). The molecule has 0 heterocycles. The highest BCUT2D eigenvalue weighted by atomic mass is 16.5. The maximum atomic E-state index is 11.4. The van der Waals surface area contributed by atoms with E-state index in [0.717, 1.165) is 29.7 Å². The van der Waals surface area contributed by atoms with E-state index in [4.69, 9.17) is 4.74 Å². The van der Waals surface area contributed by atoms with E-state index in [1.165, 1.54) is 5.56 Å². The fraction of sp³-hybridized carbons (Fsp3) is 0.480. The predicted octanol–water partition coefficient (Wildman–Crippen LogP) is 5.59. The molecule has 1 unspecified atom stereocenters. The lowest BCUT2D eigenvalue weighted by Crippen LogP contribution is -2.32. The van der Waals surface area contributed by atoms with Gasteiger partial charge < -0.3 is 14.9 Å². The van der Waals surface area contributed by atoms with Crippen molar-refractivity contribution < 1.29 is 19.7 Å². The summed E-state index contributed by atoms with van der Waals surface area (Å²) in [6.45, 7) is 12.4. The van der Waals surface area contributed by atoms with Crippen LogP contribution in [0.2, 0.25) is 0 Å². The van der Waals surface area contributed by atoms with Crippen molar-refractivity contribution in [2.45, 2.75) is 65.9 Å². The third-order valence-electron chi connectivity index (χ3n) is 6.03. The summed E-state index contributed by atoms with van der Waals surface area (Å²) in [6.07, 6.45) is 1.26. The molecule has 2 aromatic rings. The van der Waals surface area contributed by atoms with Crippen LogP contribution < -0.4 is 4.74 Å². The molecule has 2 aromatic carbocycles. The number of aliphatic hydroxyl groups excluding tert-OH is 1. The SMILES string of the molecule is CCC(CC)(c1ccc(OCC(O)C(C)(C)C)cc1)c1ccc(C(=O)O)c(C)c1. The quantitative estimate of drug-likeness (QED) is 0.609. The molecular weight excluding hydrogens is 364 g/mol. The first kappa shape index (κ1) is 23.0. The average Bonchev–Trinajstić information content (AvgIpc) is 2.67. The lowest BCUT2D eigenvalue weighted by molar-refractivity contribution is 0.0218. The van der Waals surface area contributed by atoms with Gasteiger partial charge in [0, 0.05) is 5.41 Å². The summed E-state index contributed by atoms with van der Waals surface area (Å²) in [6, 6.07) is 13.7. The number of rotatable bonds is 8. The number of aliphatic hydroxyl groups is 1. The second-order valence-corrected chi connectivity index (χ2v) is 8.84. The van der Waals surface area contributed by atoms with E-state index in [9.17, 15) is 15.0 Å². The number of aryl methyl sites for hydroxylation is 1. The van der Waals surface area contributed by atoms with Gasteiger partial charge in [-0.05, 0) is 60.1 Å². The first-order chi connectivity index (χ1) is 13.5. The molecule has 4 heteroatoms. The van der Waals surface area contributed by atoms with E-state index >= 15 is 0 Å². The lowest BCUT2D eigenvalue weighted by Gasteiger charge is -2.34. The highest BCUT2D eigenvalue weighted by molar-refractivity contribution is 5.89. The van der Waals surface area contributed by atoms with Gasteiger partial charge in [0.05, 0.1) is 11.7 Å². The molecule has 0 saturated heterocycles. The van der Waals surface area contributed by atoms with Crippen LogP contribution in [0.4, 0.5) is 0 Å². The van der Waals surface area contributed by atoms with Crippen molar-refractivity contribution in [1.82, 2.24) is 0 Å². The molecule has 1 atom stereocenters. The number of hydrogen-bond acceptors (Lipinski definition) is 3. The molecule has 0 spiro atoms. The van der Waals surface area contributed by atoms with Gasteiger partial charge in [0.25, 0.3) is 0 Å². The van der Waals surface area contributed by atoms with Gasteiger partial charge >= 0.3 is 5.97 Å². The van der Waals surface area contributed by atoms with Gasteiger partial charge in [-0.25, -0.2) is 4.79 Å². The van der Waals surface area contributed by atoms with Crippen molar-refractivity contribution >= 4 is 5.97 Å². The smallest absolute Gasteiger partial charge is 0.335 e. The van der Waals surface area contributed by atoms with Gasteiger partial charge in [0.15, 0.2) is 0 Å². The Balaban J connectivity index is 2.31. The van der Waals surface area contributed by atoms with Gasteiger partial charge in [-0.1, -0.05) is 58.9 Å². The van der Waals surface area contributed by atoms with Crippen LogP contribution in [-0.2, 0) is 5.41 Å². The van der Waals surface area contributed by atoms with Gasteiger partial charge in [-0.2, -0.15) is 0 Å². The molecule has 29 heavy (non-hydrogen) atoms. The molecule has 0 radical (unpaired) electrons. The second-order valence-electron chi connectivity index (χ2n) is 8.84. The van der Waals surface area contributed by atoms with E-state index in [1.54, 1.807) is 6.07 Å². The van der Waals surface area contributed by atoms with Crippen LogP contribution in [0.1, 0.15) is 74.5 Å². The normalized spacial score (nSPS) is 13.2. The number of carboxylic acid groups (broad SMARTS) is 1. The fourth-order valence-electron chi connectivity index (χ4n) is 3.73. The van der Waals surface area contributed by atoms with E-state index in [2.05, 4.69) is 26.0 Å². The number of carboxylic acids is 1. The Bertz CT molecular complexity index is 827. The fourth-order valence-corrected chi connectivity index (χ4v) is 3.73. The summed E-state index contributed by atoms with van der Waals surface area (Å²) in [4.78, 5) is 11.4. The Morgan fingerprint density at radius 3 is 2.00 bits per heavy atom. The van der Waals surface area contributed by atoms with Crippen molar-refractivity contribution in [3.63, 3.8) is 0 Å². The molecule has 2 rings (SSSR count). The van der Waals surface area contributed by atoms with Crippen molar-refractivity contribution in [3.05, 3.63) is 64.7 Å². The van der Waals surface area contributed by atoms with Gasteiger partial charge in [0.2, 0.25) is 0 Å². The average molecular weight is 399 g/mol. The van der Waals surface area contributed by atoms with E-state index in [0.29, 0.717) is 5.56 Å². The van der Waals surface area contributed by atoms with Gasteiger partial charge in [-0.15, -0.1) is 0 Å². The number of aromatic carboxylic acids is 1. The largest absolute Gasteiger partial charge is 0.491 e. The topological polar surface area (TPSA) is 66.8 Å². The first-order valence-corrected chi connectivity index (χ1v) is 10.3. The van der Waals surface area contributed by atoms with Crippen molar-refractivity contribution in [2.75, 3.05) is 6.61 Å². The van der Waals surface area contributed by atoms with Crippen LogP contribution >= 0.6 is 0 Å². The van der Waals surface area contributed by atoms with Crippen molar-refractivity contribution in [3.8, 4) is 5.75 Å². The first-order valence-electron chi connectivity index (χ1n) is 10.3. The molecule has 0 aliphatic rings. The van der Waals surface area contributed by atoms with Gasteiger partial charge in [-0.3, -0.25) is 0 Å². The Kier molecular flexibility index (Phi) is 7.12. The molecular formula is C25H34O4. The summed E-state index contributed by atoms with van der Waals surface area (Å²) < 4.78 is 5.78. The van der Waals surface area contributed by atoms with Crippen LogP contribution in [-0.4, -0.2) is 28.9 Å². The molecule has 0 aliphatic heterocycles. The second kappa shape index (κ2) is 9.00. The Morgan fingerprint density at radius 1 is 1.00 bits per heavy atom. The third-order valence-corrected chi connectivity index (χ3v) is 6.03. The molecule has 0 saturated carbocycles. The number of hydrogen-bond donors (Lipinski definition) is 2. The van der Waals surface area contributed by atoms with Crippen LogP contribution in [0.15, 0.2) is 42.5 Å². The molecule has 158 valence electrons. The molecule has 0 aromatic heterocycles. The third kappa shape index (κ3) is 4.99. The van der Waals surface area contributed by atoms with E-state index < -0.39 is 12.1 Å². The van der Waals surface area contributed by atoms with Crippen LogP contribution in [0.25, 0.3) is 0 Å². The molecule has 0 fully saturated rings. The monoisotopic (exact) mass is 398 g/mol. The lowest BCUT2D eigenvalue weighted by atomic mass is 9.70. The Morgan fingerprint density at radius 2 is 1.55 bits per heavy atom. The summed E-state index contributed by atoms with van der Waals surface area (Å²) >= 11 is 0. The minimum absolute atomic E-state index is 0.189. The maximum absolute atomic E-state index is 11.4. The molecule has 0 amide bonds. The number of carbonyl (C=O) groups is 1. The Hall–Kier alpha value is -2.33. The number of benzene rings is 2. The van der Waals surface area contributed by atoms with Crippen molar-refractivity contribution in [2.24, 2.45) is 5.41 Å². The highest BCUT2D eigenvalue weighted by Gasteiger charge is 2.31. The van der Waals surface area contributed by atoms with Crippen LogP contribution in [0.3, 0.4) is 0 Å². The minimum atomic E-state index is -0.897. The summed E-state index contributed by atoms with van der Waals surface area (Å²) in [7, 11) is 0. The summed E-state index contributed by atoms with van der Waals surface area (Å²) in [5, 5.41) is 19.5. The summed E-state index contributed by atoms with van der Waals surface area (Å²) in [5.74, 6) is -0.165. The molecule has 0 bridgehead atoms. The van der Waals surface area contributed by atoms with Crippen LogP contribution in [0.5, 0.6) is 5.75 Å². The molecule has 4 nitrogen and oxygen atoms in total. The zero-order chi connectivity index (χ0) is 21.8. The summed E-state index contributed by atoms with van der Waals surface area (Å²) in [5.41, 5.74) is 3.01. The maximum Gasteiger partial charge on any atom is 0.335 e. The van der Waals surface area contributed by atoms with Crippen LogP contribution in [0, 0.1) is 12.3 Å². The zero-order valence-corrected chi connectivity index (χ0v) is 18.5. The number of ether oxygens (including phenoxy) is 1. The van der Waals surface area contributed by atoms with Crippen molar-refractivity contribution in [1.29, 1.82) is 0 Å². The molecule has 0 aliphatic carbocycles. The van der Waals surface area contributed by atoms with E-state index in [1.807, 2.05) is 52.0 Å². The highest BCUT2D eigenvalue weighted by Crippen LogP contribution is 2.40. The minimum Gasteiger partial charge on any atom is -0.491 e. The Labute approximate surface area is 174 Å². The van der Waals surface area contributed by atoms with Gasteiger partial charge in [0.1, 0.15) is 12.4 Å². The predicted molar refractivity (Wildman–Crippen MR) is 117 cm³/mol.